The van der Waals surface area contributed by atoms with Crippen molar-refractivity contribution in [2.75, 3.05) is 6.61 Å². The Bertz CT molecular complexity index is 1050. The van der Waals surface area contributed by atoms with E-state index in [0.29, 0.717) is 12.3 Å². The van der Waals surface area contributed by atoms with Gasteiger partial charge in [-0.25, -0.2) is 9.78 Å². The molecule has 2 heterocycles. The van der Waals surface area contributed by atoms with Gasteiger partial charge in [0.1, 0.15) is 5.69 Å². The van der Waals surface area contributed by atoms with Gasteiger partial charge in [0.15, 0.2) is 0 Å². The molecule has 0 bridgehead atoms. The molecule has 124 valence electrons. The SMILES string of the molecule is CCOC(=O)c1cc2c(cn1)[nH]c1cccc(Cc3ccccc3)c12. The molecule has 2 aromatic carbocycles. The van der Waals surface area contributed by atoms with E-state index in [0.717, 1.165) is 28.2 Å². The van der Waals surface area contributed by atoms with Crippen LogP contribution in [0.5, 0.6) is 0 Å². The molecule has 2 aromatic heterocycles. The first kappa shape index (κ1) is 15.4. The highest BCUT2D eigenvalue weighted by Gasteiger charge is 2.14. The molecule has 1 N–H and O–H groups in total. The van der Waals surface area contributed by atoms with Gasteiger partial charge in [0.05, 0.1) is 18.3 Å². The third kappa shape index (κ3) is 2.87. The lowest BCUT2D eigenvalue weighted by Crippen LogP contribution is -2.06. The normalized spacial score (nSPS) is 11.1. The monoisotopic (exact) mass is 330 g/mol. The summed E-state index contributed by atoms with van der Waals surface area (Å²) in [5, 5.41) is 2.13. The fourth-order valence-corrected chi connectivity index (χ4v) is 3.21. The van der Waals surface area contributed by atoms with Crippen molar-refractivity contribution < 1.29 is 9.53 Å². The Hall–Kier alpha value is -3.14. The van der Waals surface area contributed by atoms with Gasteiger partial charge < -0.3 is 9.72 Å². The van der Waals surface area contributed by atoms with Gasteiger partial charge >= 0.3 is 5.97 Å². The van der Waals surface area contributed by atoms with E-state index in [1.54, 1.807) is 13.1 Å². The number of ether oxygens (including phenoxy) is 1. The van der Waals surface area contributed by atoms with Crippen molar-refractivity contribution in [3.63, 3.8) is 0 Å². The molecule has 4 heteroatoms. The number of aromatic amines is 1. The van der Waals surface area contributed by atoms with Crippen LogP contribution in [0.2, 0.25) is 0 Å². The second-order valence-electron chi connectivity index (χ2n) is 5.96. The summed E-state index contributed by atoms with van der Waals surface area (Å²) in [7, 11) is 0. The van der Waals surface area contributed by atoms with Gasteiger partial charge in [-0.2, -0.15) is 0 Å². The topological polar surface area (TPSA) is 55.0 Å². The number of fused-ring (bicyclic) bond motifs is 3. The van der Waals surface area contributed by atoms with Crippen LogP contribution in [0.25, 0.3) is 21.8 Å². The Labute approximate surface area is 145 Å². The van der Waals surface area contributed by atoms with Crippen LogP contribution in [0, 0.1) is 0 Å². The highest BCUT2D eigenvalue weighted by Crippen LogP contribution is 2.30. The molecule has 0 aliphatic rings. The Kier molecular flexibility index (Phi) is 3.94. The molecule has 0 aliphatic heterocycles. The standard InChI is InChI=1S/C21H18N2O2/c1-2-25-21(24)18-12-16-19(13-22-18)23-17-10-6-9-15(20(16)17)11-14-7-4-3-5-8-14/h3-10,12-13,23H,2,11H2,1H3. The summed E-state index contributed by atoms with van der Waals surface area (Å²) in [5.74, 6) is -0.390. The van der Waals surface area contributed by atoms with Crippen molar-refractivity contribution in [1.29, 1.82) is 0 Å². The van der Waals surface area contributed by atoms with Gasteiger partial charge in [-0.1, -0.05) is 42.5 Å². The molecule has 0 saturated carbocycles. The van der Waals surface area contributed by atoms with Crippen LogP contribution in [0.15, 0.2) is 60.8 Å². The predicted molar refractivity (Wildman–Crippen MR) is 98.8 cm³/mol. The smallest absolute Gasteiger partial charge is 0.356 e. The zero-order valence-electron chi connectivity index (χ0n) is 14.0. The Balaban J connectivity index is 1.87. The minimum Gasteiger partial charge on any atom is -0.461 e. The third-order valence-corrected chi connectivity index (χ3v) is 4.32. The molecule has 0 fully saturated rings. The number of aromatic nitrogens is 2. The summed E-state index contributed by atoms with van der Waals surface area (Å²) in [6.45, 7) is 2.13. The van der Waals surface area contributed by atoms with Crippen molar-refractivity contribution in [3.8, 4) is 0 Å². The van der Waals surface area contributed by atoms with E-state index in [9.17, 15) is 4.79 Å². The number of hydrogen-bond acceptors (Lipinski definition) is 3. The van der Waals surface area contributed by atoms with E-state index in [-0.39, 0.29) is 5.97 Å². The number of esters is 1. The Morgan fingerprint density at radius 1 is 1.08 bits per heavy atom. The van der Waals surface area contributed by atoms with Crippen LogP contribution in [0.4, 0.5) is 0 Å². The van der Waals surface area contributed by atoms with Gasteiger partial charge in [-0.15, -0.1) is 0 Å². The van der Waals surface area contributed by atoms with Crippen molar-refractivity contribution in [1.82, 2.24) is 9.97 Å². The average molecular weight is 330 g/mol. The van der Waals surface area contributed by atoms with E-state index >= 15 is 0 Å². The van der Waals surface area contributed by atoms with Crippen LogP contribution >= 0.6 is 0 Å². The Morgan fingerprint density at radius 3 is 2.72 bits per heavy atom. The van der Waals surface area contributed by atoms with E-state index < -0.39 is 0 Å². The third-order valence-electron chi connectivity index (χ3n) is 4.32. The summed E-state index contributed by atoms with van der Waals surface area (Å²) in [6, 6.07) is 18.4. The van der Waals surface area contributed by atoms with Crippen molar-refractivity contribution in [2.24, 2.45) is 0 Å². The molecular weight excluding hydrogens is 312 g/mol. The van der Waals surface area contributed by atoms with Crippen LogP contribution in [-0.2, 0) is 11.2 Å². The summed E-state index contributed by atoms with van der Waals surface area (Å²) >= 11 is 0. The van der Waals surface area contributed by atoms with Crippen molar-refractivity contribution in [3.05, 3.63) is 77.6 Å². The largest absolute Gasteiger partial charge is 0.461 e. The molecule has 0 spiro atoms. The number of rotatable bonds is 4. The summed E-state index contributed by atoms with van der Waals surface area (Å²) in [4.78, 5) is 19.6. The van der Waals surface area contributed by atoms with Crippen LogP contribution < -0.4 is 0 Å². The highest BCUT2D eigenvalue weighted by molar-refractivity contribution is 6.10. The molecule has 0 radical (unpaired) electrons. The highest BCUT2D eigenvalue weighted by atomic mass is 16.5. The van der Waals surface area contributed by atoms with Crippen LogP contribution in [0.3, 0.4) is 0 Å². The van der Waals surface area contributed by atoms with Gasteiger partial charge in [-0.3, -0.25) is 0 Å². The maximum absolute atomic E-state index is 12.0. The minimum absolute atomic E-state index is 0.338. The van der Waals surface area contributed by atoms with E-state index in [1.165, 1.54) is 11.1 Å². The summed E-state index contributed by atoms with van der Waals surface area (Å²) < 4.78 is 5.08. The first-order valence-electron chi connectivity index (χ1n) is 8.36. The molecular formula is C21H18N2O2. The fourth-order valence-electron chi connectivity index (χ4n) is 3.21. The van der Waals surface area contributed by atoms with Crippen molar-refractivity contribution >= 4 is 27.8 Å². The minimum atomic E-state index is -0.390. The quantitative estimate of drug-likeness (QED) is 0.561. The number of nitrogens with zero attached hydrogens (tertiary/aromatic N) is 1. The summed E-state index contributed by atoms with van der Waals surface area (Å²) in [6.07, 6.45) is 2.54. The molecule has 0 saturated heterocycles. The van der Waals surface area contributed by atoms with Gasteiger partial charge in [0, 0.05) is 16.3 Å². The van der Waals surface area contributed by atoms with Gasteiger partial charge in [0.25, 0.3) is 0 Å². The van der Waals surface area contributed by atoms with Gasteiger partial charge in [-0.05, 0) is 36.6 Å². The number of nitrogens with one attached hydrogen (secondary N) is 1. The number of pyridine rings is 1. The van der Waals surface area contributed by atoms with E-state index in [2.05, 4.69) is 34.2 Å². The van der Waals surface area contributed by atoms with Crippen molar-refractivity contribution in [2.45, 2.75) is 13.3 Å². The maximum Gasteiger partial charge on any atom is 0.356 e. The lowest BCUT2D eigenvalue weighted by Gasteiger charge is -2.05. The zero-order chi connectivity index (χ0) is 17.2. The molecule has 4 aromatic rings. The number of carbonyl (C=O) groups is 1. The predicted octanol–water partition coefficient (Wildman–Crippen LogP) is 4.48. The molecule has 4 rings (SSSR count). The molecule has 0 aliphatic carbocycles. The first-order chi connectivity index (χ1) is 12.3. The number of H-pyrrole nitrogens is 1. The Morgan fingerprint density at radius 2 is 1.92 bits per heavy atom. The number of carbonyl (C=O) groups excluding carboxylic acids is 1. The average Bonchev–Trinajstić information content (AvgIpc) is 3.01. The van der Waals surface area contributed by atoms with E-state index in [1.807, 2.05) is 30.3 Å². The number of hydrogen-bond donors (Lipinski definition) is 1. The molecule has 0 amide bonds. The molecule has 0 atom stereocenters. The fraction of sp³-hybridized carbons (Fsp3) is 0.143. The second kappa shape index (κ2) is 6.40. The first-order valence-corrected chi connectivity index (χ1v) is 8.36. The van der Waals surface area contributed by atoms with Gasteiger partial charge in [0.2, 0.25) is 0 Å². The zero-order valence-corrected chi connectivity index (χ0v) is 14.0. The van der Waals surface area contributed by atoms with Crippen LogP contribution in [0.1, 0.15) is 28.5 Å². The molecule has 0 unspecified atom stereocenters. The number of benzene rings is 2. The maximum atomic E-state index is 12.0. The summed E-state index contributed by atoms with van der Waals surface area (Å²) in [5.41, 5.74) is 4.78. The second-order valence-corrected chi connectivity index (χ2v) is 5.96. The lowest BCUT2D eigenvalue weighted by atomic mass is 9.99. The van der Waals surface area contributed by atoms with E-state index in [4.69, 9.17) is 4.74 Å². The van der Waals surface area contributed by atoms with Crippen LogP contribution in [-0.4, -0.2) is 22.5 Å². The molecule has 25 heavy (non-hydrogen) atoms. The molecule has 4 nitrogen and oxygen atoms in total. The lowest BCUT2D eigenvalue weighted by molar-refractivity contribution is 0.0520.